The number of likely N-dealkylation sites (tertiary alicyclic amines) is 1. The van der Waals surface area contributed by atoms with Crippen molar-refractivity contribution in [2.24, 2.45) is 0 Å². The molecule has 1 aliphatic heterocycles. The van der Waals surface area contributed by atoms with E-state index in [1.165, 1.54) is 0 Å². The van der Waals surface area contributed by atoms with Crippen LogP contribution in [0.25, 0.3) is 0 Å². The van der Waals surface area contributed by atoms with Gasteiger partial charge in [-0.15, -0.1) is 0 Å². The molecule has 0 spiro atoms. The van der Waals surface area contributed by atoms with Gasteiger partial charge in [-0.05, 0) is 37.9 Å². The number of benzene rings is 1. The normalized spacial score (nSPS) is 19.0. The molecule has 1 unspecified atom stereocenters. The molecule has 1 saturated heterocycles. The highest BCUT2D eigenvalue weighted by Crippen LogP contribution is 2.31. The monoisotopic (exact) mass is 326 g/mol. The molecule has 1 heterocycles. The SMILES string of the molecule is COc1cc(Cl)c(C)cc1NC(=O)CN1CCCCC1CO. The number of aliphatic hydroxyl groups is 1. The Bertz CT molecular complexity index is 536. The standard InChI is InChI=1S/C16H23ClN2O3/c1-11-7-14(15(22-2)8-13(11)17)18-16(21)9-19-6-4-3-5-12(19)10-20/h7-8,12,20H,3-6,9-10H2,1-2H3,(H,18,21). The molecule has 0 saturated carbocycles. The highest BCUT2D eigenvalue weighted by molar-refractivity contribution is 6.31. The van der Waals surface area contributed by atoms with Crippen molar-refractivity contribution in [1.29, 1.82) is 0 Å². The molecule has 5 nitrogen and oxygen atoms in total. The number of hydrogen-bond donors (Lipinski definition) is 2. The van der Waals surface area contributed by atoms with E-state index in [9.17, 15) is 9.90 Å². The molecule has 6 heteroatoms. The number of aliphatic hydroxyl groups excluding tert-OH is 1. The molecule has 0 bridgehead atoms. The number of amides is 1. The predicted octanol–water partition coefficient (Wildman–Crippen LogP) is 2.44. The van der Waals surface area contributed by atoms with Gasteiger partial charge in [0.1, 0.15) is 5.75 Å². The van der Waals surface area contributed by atoms with Gasteiger partial charge in [0.25, 0.3) is 0 Å². The lowest BCUT2D eigenvalue weighted by atomic mass is 10.0. The van der Waals surface area contributed by atoms with E-state index in [0.717, 1.165) is 31.4 Å². The lowest BCUT2D eigenvalue weighted by Gasteiger charge is -2.33. The summed E-state index contributed by atoms with van der Waals surface area (Å²) in [5.41, 5.74) is 1.50. The highest BCUT2D eigenvalue weighted by atomic mass is 35.5. The number of piperidine rings is 1. The van der Waals surface area contributed by atoms with Crippen molar-refractivity contribution in [2.75, 3.05) is 32.1 Å². The van der Waals surface area contributed by atoms with Gasteiger partial charge in [0.05, 0.1) is 25.9 Å². The zero-order chi connectivity index (χ0) is 16.1. The second kappa shape index (κ2) is 7.81. The fraction of sp³-hybridized carbons (Fsp3) is 0.562. The average Bonchev–Trinajstić information content (AvgIpc) is 2.51. The number of aryl methyl sites for hydroxylation is 1. The number of halogens is 1. The molecular formula is C16H23ClN2O3. The number of anilines is 1. The van der Waals surface area contributed by atoms with Crippen LogP contribution in [0, 0.1) is 6.92 Å². The van der Waals surface area contributed by atoms with Gasteiger partial charge in [0, 0.05) is 17.1 Å². The van der Waals surface area contributed by atoms with Crippen LogP contribution in [-0.4, -0.2) is 48.8 Å². The zero-order valence-electron chi connectivity index (χ0n) is 13.1. The summed E-state index contributed by atoms with van der Waals surface area (Å²) < 4.78 is 5.26. The molecule has 0 aromatic heterocycles. The average molecular weight is 327 g/mol. The maximum absolute atomic E-state index is 12.3. The van der Waals surface area contributed by atoms with Crippen molar-refractivity contribution >= 4 is 23.2 Å². The summed E-state index contributed by atoms with van der Waals surface area (Å²) in [6.07, 6.45) is 3.11. The number of nitrogens with one attached hydrogen (secondary N) is 1. The molecule has 1 fully saturated rings. The Morgan fingerprint density at radius 3 is 2.95 bits per heavy atom. The van der Waals surface area contributed by atoms with Gasteiger partial charge in [-0.25, -0.2) is 0 Å². The number of rotatable bonds is 5. The minimum absolute atomic E-state index is 0.0772. The predicted molar refractivity (Wildman–Crippen MR) is 87.7 cm³/mol. The van der Waals surface area contributed by atoms with Crippen LogP contribution in [0.4, 0.5) is 5.69 Å². The first kappa shape index (κ1) is 17.1. The van der Waals surface area contributed by atoms with Gasteiger partial charge >= 0.3 is 0 Å². The lowest BCUT2D eigenvalue weighted by molar-refractivity contribution is -0.118. The minimum Gasteiger partial charge on any atom is -0.495 e. The third-order valence-corrected chi connectivity index (χ3v) is 4.47. The van der Waals surface area contributed by atoms with Crippen LogP contribution >= 0.6 is 11.6 Å². The van der Waals surface area contributed by atoms with E-state index < -0.39 is 0 Å². The Labute approximate surface area is 136 Å². The number of carbonyl (C=O) groups excluding carboxylic acids is 1. The van der Waals surface area contributed by atoms with Gasteiger partial charge < -0.3 is 15.2 Å². The molecule has 2 rings (SSSR count). The molecule has 22 heavy (non-hydrogen) atoms. The lowest BCUT2D eigenvalue weighted by Crippen LogP contribution is -2.45. The highest BCUT2D eigenvalue weighted by Gasteiger charge is 2.23. The number of nitrogens with zero attached hydrogens (tertiary/aromatic N) is 1. The summed E-state index contributed by atoms with van der Waals surface area (Å²) in [6, 6.07) is 3.58. The molecule has 122 valence electrons. The molecule has 2 N–H and O–H groups in total. The van der Waals surface area contributed by atoms with Crippen molar-refractivity contribution in [3.63, 3.8) is 0 Å². The van der Waals surface area contributed by atoms with Gasteiger partial charge in [-0.1, -0.05) is 18.0 Å². The molecule has 0 aliphatic carbocycles. The summed E-state index contributed by atoms with van der Waals surface area (Å²) in [7, 11) is 1.54. The molecule has 1 aromatic carbocycles. The Balaban J connectivity index is 2.04. The quantitative estimate of drug-likeness (QED) is 0.872. The van der Waals surface area contributed by atoms with Gasteiger partial charge in [0.15, 0.2) is 0 Å². The minimum atomic E-state index is -0.111. The van der Waals surface area contributed by atoms with Crippen LogP contribution in [0.1, 0.15) is 24.8 Å². The van der Waals surface area contributed by atoms with E-state index in [1.807, 2.05) is 11.8 Å². The number of hydrogen-bond acceptors (Lipinski definition) is 4. The van der Waals surface area contributed by atoms with Crippen LogP contribution in [-0.2, 0) is 4.79 Å². The molecule has 1 aromatic rings. The summed E-state index contributed by atoms with van der Waals surface area (Å²) in [5, 5.41) is 12.9. The Morgan fingerprint density at radius 1 is 1.50 bits per heavy atom. The smallest absolute Gasteiger partial charge is 0.238 e. The van der Waals surface area contributed by atoms with Crippen LogP contribution in [0.3, 0.4) is 0 Å². The van der Waals surface area contributed by atoms with Crippen molar-refractivity contribution in [2.45, 2.75) is 32.2 Å². The second-order valence-electron chi connectivity index (χ2n) is 5.65. The van der Waals surface area contributed by atoms with Crippen molar-refractivity contribution in [3.05, 3.63) is 22.7 Å². The number of methoxy groups -OCH3 is 1. The van der Waals surface area contributed by atoms with Crippen LogP contribution in [0.15, 0.2) is 12.1 Å². The second-order valence-corrected chi connectivity index (χ2v) is 6.06. The Kier molecular flexibility index (Phi) is 6.06. The van der Waals surface area contributed by atoms with E-state index >= 15 is 0 Å². The maximum Gasteiger partial charge on any atom is 0.238 e. The van der Waals surface area contributed by atoms with E-state index in [2.05, 4.69) is 5.32 Å². The largest absolute Gasteiger partial charge is 0.495 e. The van der Waals surface area contributed by atoms with Crippen LogP contribution in [0.5, 0.6) is 5.75 Å². The van der Waals surface area contributed by atoms with E-state index in [4.69, 9.17) is 16.3 Å². The fourth-order valence-electron chi connectivity index (χ4n) is 2.78. The first-order valence-corrected chi connectivity index (χ1v) is 7.92. The summed E-state index contributed by atoms with van der Waals surface area (Å²) in [4.78, 5) is 14.3. The number of carbonyl (C=O) groups is 1. The summed E-state index contributed by atoms with van der Waals surface area (Å²) in [6.45, 7) is 3.09. The third kappa shape index (κ3) is 4.12. The van der Waals surface area contributed by atoms with Crippen molar-refractivity contribution in [3.8, 4) is 5.75 Å². The fourth-order valence-corrected chi connectivity index (χ4v) is 2.93. The van der Waals surface area contributed by atoms with Crippen molar-refractivity contribution in [1.82, 2.24) is 4.90 Å². The zero-order valence-corrected chi connectivity index (χ0v) is 13.8. The Morgan fingerprint density at radius 2 is 2.27 bits per heavy atom. The molecule has 1 atom stereocenters. The first-order valence-electron chi connectivity index (χ1n) is 7.54. The van der Waals surface area contributed by atoms with Crippen LogP contribution < -0.4 is 10.1 Å². The number of ether oxygens (including phenoxy) is 1. The van der Waals surface area contributed by atoms with E-state index in [-0.39, 0.29) is 25.1 Å². The van der Waals surface area contributed by atoms with Gasteiger partial charge in [-0.2, -0.15) is 0 Å². The van der Waals surface area contributed by atoms with E-state index in [0.29, 0.717) is 16.5 Å². The molecule has 0 radical (unpaired) electrons. The molecule has 1 amide bonds. The Hall–Kier alpha value is -1.30. The van der Waals surface area contributed by atoms with E-state index in [1.54, 1.807) is 19.2 Å². The van der Waals surface area contributed by atoms with Gasteiger partial charge in [0.2, 0.25) is 5.91 Å². The maximum atomic E-state index is 12.3. The molecular weight excluding hydrogens is 304 g/mol. The van der Waals surface area contributed by atoms with Gasteiger partial charge in [-0.3, -0.25) is 9.69 Å². The third-order valence-electron chi connectivity index (χ3n) is 4.06. The summed E-state index contributed by atoms with van der Waals surface area (Å²) in [5.74, 6) is 0.432. The summed E-state index contributed by atoms with van der Waals surface area (Å²) >= 11 is 6.07. The first-order chi connectivity index (χ1) is 10.5. The topological polar surface area (TPSA) is 61.8 Å². The molecule has 1 aliphatic rings. The van der Waals surface area contributed by atoms with Crippen LogP contribution in [0.2, 0.25) is 5.02 Å². The van der Waals surface area contributed by atoms with Crippen molar-refractivity contribution < 1.29 is 14.6 Å².